The molecular weight excluding hydrogens is 482 g/mol. The number of hydrogen-bond donors (Lipinski definition) is 2. The van der Waals surface area contributed by atoms with E-state index in [1.807, 2.05) is 30.3 Å². The summed E-state index contributed by atoms with van der Waals surface area (Å²) in [4.78, 5) is 50.4. The van der Waals surface area contributed by atoms with Crippen LogP contribution in [0, 0.1) is 0 Å². The van der Waals surface area contributed by atoms with Crippen LogP contribution in [0.15, 0.2) is 41.5 Å². The lowest BCUT2D eigenvalue weighted by Gasteiger charge is -2.29. The minimum atomic E-state index is -0.783. The quantitative estimate of drug-likeness (QED) is 0.549. The van der Waals surface area contributed by atoms with E-state index < -0.39 is 11.0 Å². The zero-order valence-electron chi connectivity index (χ0n) is 21.7. The van der Waals surface area contributed by atoms with Crippen molar-refractivity contribution in [1.82, 2.24) is 9.88 Å². The Morgan fingerprint density at radius 3 is 2.76 bits per heavy atom. The van der Waals surface area contributed by atoms with E-state index in [-0.39, 0.29) is 24.3 Å². The molecule has 4 aliphatic rings. The number of hydrogen-bond acceptors (Lipinski definition) is 6. The van der Waals surface area contributed by atoms with Crippen molar-refractivity contribution in [2.45, 2.75) is 69.2 Å². The lowest BCUT2D eigenvalue weighted by molar-refractivity contribution is -0.136. The van der Waals surface area contributed by atoms with Gasteiger partial charge >= 0.3 is 0 Å². The first-order valence-electron chi connectivity index (χ1n) is 13.6. The van der Waals surface area contributed by atoms with Crippen molar-refractivity contribution in [3.63, 3.8) is 0 Å². The molecule has 1 fully saturated rings. The molecule has 2 spiro atoms. The molecule has 9 nitrogen and oxygen atoms in total. The van der Waals surface area contributed by atoms with Crippen LogP contribution in [0.4, 0.5) is 11.5 Å². The molecule has 0 bridgehead atoms. The molecule has 1 saturated heterocycles. The van der Waals surface area contributed by atoms with E-state index in [9.17, 15) is 14.4 Å². The maximum absolute atomic E-state index is 13.5. The molecule has 3 amide bonds. The van der Waals surface area contributed by atoms with Crippen molar-refractivity contribution < 1.29 is 19.1 Å². The third-order valence-electron chi connectivity index (χ3n) is 8.39. The molecule has 2 aromatic rings. The van der Waals surface area contributed by atoms with E-state index in [1.54, 1.807) is 11.1 Å². The summed E-state index contributed by atoms with van der Waals surface area (Å²) in [5.41, 5.74) is 2.28. The maximum Gasteiger partial charge on any atom is 0.256 e. The number of anilines is 2. The predicted octanol–water partition coefficient (Wildman–Crippen LogP) is 3.38. The van der Waals surface area contributed by atoms with Crippen molar-refractivity contribution in [1.29, 1.82) is 0 Å². The van der Waals surface area contributed by atoms with Crippen LogP contribution in [0.25, 0.3) is 0 Å². The standard InChI is InChI=1S/C29H33N5O4/c1-2-3-4-7-23-33-29(10-13-38-14-11-29)27(37)34(23)18-24(35)31-21-9-8-19-16-28(17-20(19)15-21)22-6-5-12-30-25(22)32-26(28)36/h5-6,8-9,12,15H,2-4,7,10-11,13-14,16-18H2,1H3,(H,31,35)(H,30,32,36)/t28-/m1/s1. The average Bonchev–Trinajstić information content (AvgIpc) is 3.51. The van der Waals surface area contributed by atoms with Gasteiger partial charge in [0.2, 0.25) is 11.8 Å². The molecule has 1 aromatic heterocycles. The predicted molar refractivity (Wildman–Crippen MR) is 143 cm³/mol. The summed E-state index contributed by atoms with van der Waals surface area (Å²) in [6.45, 7) is 3.09. The number of nitrogens with zero attached hydrogens (tertiary/aromatic N) is 3. The van der Waals surface area contributed by atoms with Crippen LogP contribution in [0.2, 0.25) is 0 Å². The summed E-state index contributed by atoms with van der Waals surface area (Å²) in [6.07, 6.45) is 7.71. The van der Waals surface area contributed by atoms with Gasteiger partial charge in [0.1, 0.15) is 23.7 Å². The highest BCUT2D eigenvalue weighted by molar-refractivity contribution is 6.11. The first kappa shape index (κ1) is 24.7. The van der Waals surface area contributed by atoms with Gasteiger partial charge in [-0.1, -0.05) is 31.9 Å². The van der Waals surface area contributed by atoms with E-state index in [0.717, 1.165) is 41.8 Å². The number of aliphatic imine (C=N–C) groups is 1. The summed E-state index contributed by atoms with van der Waals surface area (Å²) in [5.74, 6) is 0.977. The van der Waals surface area contributed by atoms with Crippen LogP contribution in [-0.4, -0.2) is 58.7 Å². The van der Waals surface area contributed by atoms with E-state index in [2.05, 4.69) is 22.5 Å². The van der Waals surface area contributed by atoms with Crippen molar-refractivity contribution in [2.75, 3.05) is 30.4 Å². The number of unbranched alkanes of at least 4 members (excludes halogenated alkanes) is 2. The lowest BCUT2D eigenvalue weighted by atomic mass is 9.79. The second-order valence-electron chi connectivity index (χ2n) is 10.8. The molecule has 198 valence electrons. The molecule has 2 N–H and O–H groups in total. The Bertz CT molecular complexity index is 1330. The Labute approximate surface area is 222 Å². The molecule has 38 heavy (non-hydrogen) atoms. The highest BCUT2D eigenvalue weighted by Gasteiger charge is 2.51. The fourth-order valence-electron chi connectivity index (χ4n) is 6.33. The summed E-state index contributed by atoms with van der Waals surface area (Å²) >= 11 is 0. The lowest BCUT2D eigenvalue weighted by Crippen LogP contribution is -2.48. The SMILES string of the molecule is CCCCCC1=NC2(CCOCC2)C(=O)N1CC(=O)Nc1ccc2c(c1)C[C@@]1(C2)C(=O)Nc2ncccc21. The van der Waals surface area contributed by atoms with E-state index in [4.69, 9.17) is 9.73 Å². The van der Waals surface area contributed by atoms with Crippen molar-refractivity contribution in [3.05, 3.63) is 53.2 Å². The fourth-order valence-corrected chi connectivity index (χ4v) is 6.33. The van der Waals surface area contributed by atoms with Crippen molar-refractivity contribution in [3.8, 4) is 0 Å². The Hall–Kier alpha value is -3.59. The van der Waals surface area contributed by atoms with Crippen molar-refractivity contribution >= 4 is 35.1 Å². The third-order valence-corrected chi connectivity index (χ3v) is 8.39. The van der Waals surface area contributed by atoms with Crippen molar-refractivity contribution in [2.24, 2.45) is 4.99 Å². The van der Waals surface area contributed by atoms with Gasteiger partial charge in [0, 0.05) is 49.9 Å². The maximum atomic E-state index is 13.5. The van der Waals surface area contributed by atoms with Gasteiger partial charge < -0.3 is 15.4 Å². The van der Waals surface area contributed by atoms with Crippen LogP contribution in [0.1, 0.15) is 62.1 Å². The van der Waals surface area contributed by atoms with Crippen LogP contribution < -0.4 is 10.6 Å². The second-order valence-corrected chi connectivity index (χ2v) is 10.8. The number of amidine groups is 1. The zero-order chi connectivity index (χ0) is 26.3. The molecular formula is C29H33N5O4. The number of pyridine rings is 1. The number of ether oxygens (including phenoxy) is 1. The number of carbonyl (C=O) groups excluding carboxylic acids is 3. The molecule has 9 heteroatoms. The molecule has 0 saturated carbocycles. The van der Waals surface area contributed by atoms with Gasteiger partial charge in [-0.3, -0.25) is 24.3 Å². The van der Waals surface area contributed by atoms with Gasteiger partial charge in [-0.25, -0.2) is 4.98 Å². The zero-order valence-corrected chi connectivity index (χ0v) is 21.7. The van der Waals surface area contributed by atoms with E-state index >= 15 is 0 Å². The summed E-state index contributed by atoms with van der Waals surface area (Å²) in [5, 5.41) is 5.91. The van der Waals surface area contributed by atoms with E-state index in [0.29, 0.717) is 56.8 Å². The molecule has 0 unspecified atom stereocenters. The third kappa shape index (κ3) is 4.09. The number of rotatable bonds is 7. The van der Waals surface area contributed by atoms with Crippen LogP contribution in [-0.2, 0) is 37.4 Å². The fraction of sp³-hybridized carbons (Fsp3) is 0.483. The normalized spacial score (nSPS) is 23.0. The second kappa shape index (κ2) is 9.62. The topological polar surface area (TPSA) is 113 Å². The number of aromatic nitrogens is 1. The van der Waals surface area contributed by atoms with Gasteiger partial charge in [-0.05, 0) is 48.6 Å². The summed E-state index contributed by atoms with van der Waals surface area (Å²) in [7, 11) is 0. The first-order chi connectivity index (χ1) is 18.4. The van der Waals surface area contributed by atoms with Crippen LogP contribution in [0.5, 0.6) is 0 Å². The molecule has 1 aromatic carbocycles. The summed E-state index contributed by atoms with van der Waals surface area (Å²) in [6, 6.07) is 9.63. The number of nitrogens with one attached hydrogen (secondary N) is 2. The smallest absolute Gasteiger partial charge is 0.256 e. The van der Waals surface area contributed by atoms with Gasteiger partial charge in [0.25, 0.3) is 5.91 Å². The minimum absolute atomic E-state index is 0.0301. The number of benzene rings is 1. The van der Waals surface area contributed by atoms with Gasteiger partial charge in [-0.15, -0.1) is 0 Å². The average molecular weight is 516 g/mol. The number of carbonyl (C=O) groups is 3. The minimum Gasteiger partial charge on any atom is -0.381 e. The van der Waals surface area contributed by atoms with Gasteiger partial charge in [0.05, 0.1) is 5.41 Å². The molecule has 4 heterocycles. The highest BCUT2D eigenvalue weighted by Crippen LogP contribution is 2.47. The van der Waals surface area contributed by atoms with Gasteiger partial charge in [0.15, 0.2) is 0 Å². The summed E-state index contributed by atoms with van der Waals surface area (Å²) < 4.78 is 5.48. The monoisotopic (exact) mass is 515 g/mol. The largest absolute Gasteiger partial charge is 0.381 e. The number of fused-ring (bicyclic) bond motifs is 3. The Morgan fingerprint density at radius 1 is 1.13 bits per heavy atom. The Morgan fingerprint density at radius 2 is 1.95 bits per heavy atom. The molecule has 0 radical (unpaired) electrons. The first-order valence-corrected chi connectivity index (χ1v) is 13.6. The molecule has 3 aliphatic heterocycles. The van der Waals surface area contributed by atoms with Crippen LogP contribution in [0.3, 0.4) is 0 Å². The Kier molecular flexibility index (Phi) is 6.26. The molecule has 6 rings (SSSR count). The molecule has 1 atom stereocenters. The highest BCUT2D eigenvalue weighted by atomic mass is 16.5. The van der Waals surface area contributed by atoms with E-state index in [1.165, 1.54) is 0 Å². The Balaban J connectivity index is 1.16. The van der Waals surface area contributed by atoms with Gasteiger partial charge in [-0.2, -0.15) is 0 Å². The van der Waals surface area contributed by atoms with Crippen LogP contribution >= 0.6 is 0 Å². The molecule has 1 aliphatic carbocycles. The number of amides is 3.